The van der Waals surface area contributed by atoms with E-state index in [1.54, 1.807) is 18.4 Å². The third kappa shape index (κ3) is 5.04. The molecular formula is C32H33N5S. The number of rotatable bonds is 7. The number of aromatic nitrogens is 2. The Morgan fingerprint density at radius 2 is 1.82 bits per heavy atom. The van der Waals surface area contributed by atoms with Crippen LogP contribution in [0.3, 0.4) is 0 Å². The number of pyridine rings is 1. The molecule has 0 unspecified atom stereocenters. The molecule has 1 N–H and O–H groups in total. The van der Waals surface area contributed by atoms with E-state index in [-0.39, 0.29) is 0 Å². The number of thiazole rings is 1. The average molecular weight is 520 g/mol. The molecule has 5 rings (SSSR count). The normalized spacial score (nSPS) is 13.0. The molecule has 3 heterocycles. The monoisotopic (exact) mass is 519 g/mol. The van der Waals surface area contributed by atoms with Gasteiger partial charge in [-0.05, 0) is 68.2 Å². The number of nitrogens with one attached hydrogen (secondary N) is 1. The molecule has 0 saturated heterocycles. The molecule has 2 aromatic carbocycles. The molecule has 0 saturated carbocycles. The number of allylic oxidation sites excluding steroid dienone is 3. The van der Waals surface area contributed by atoms with E-state index in [1.807, 2.05) is 31.3 Å². The van der Waals surface area contributed by atoms with Crippen molar-refractivity contribution in [1.29, 1.82) is 0 Å². The Bertz CT molecular complexity index is 1570. The minimum Gasteiger partial charge on any atom is -0.352 e. The van der Waals surface area contributed by atoms with Crippen LogP contribution in [-0.2, 0) is 13.0 Å². The van der Waals surface area contributed by atoms with E-state index in [0.29, 0.717) is 0 Å². The number of hydrogen-bond donors (Lipinski definition) is 1. The Kier molecular flexibility index (Phi) is 7.25. The van der Waals surface area contributed by atoms with Crippen LogP contribution in [0.2, 0.25) is 0 Å². The molecule has 192 valence electrons. The number of aliphatic imine (C=N–C) groups is 1. The van der Waals surface area contributed by atoms with Crippen molar-refractivity contribution in [2.75, 3.05) is 23.8 Å². The Morgan fingerprint density at radius 1 is 1.00 bits per heavy atom. The van der Waals surface area contributed by atoms with Crippen molar-refractivity contribution in [2.24, 2.45) is 4.99 Å². The van der Waals surface area contributed by atoms with Gasteiger partial charge in [-0.1, -0.05) is 60.4 Å². The first-order valence-corrected chi connectivity index (χ1v) is 13.6. The quantitative estimate of drug-likeness (QED) is 0.253. The third-order valence-corrected chi connectivity index (χ3v) is 7.80. The van der Waals surface area contributed by atoms with Gasteiger partial charge >= 0.3 is 0 Å². The second-order valence-electron chi connectivity index (χ2n) is 9.85. The molecule has 1 aliphatic rings. The smallest absolute Gasteiger partial charge is 0.188 e. The number of benzene rings is 2. The van der Waals surface area contributed by atoms with E-state index >= 15 is 0 Å². The van der Waals surface area contributed by atoms with E-state index in [0.717, 1.165) is 74.3 Å². The minimum absolute atomic E-state index is 0.764. The van der Waals surface area contributed by atoms with Gasteiger partial charge in [0.05, 0.1) is 15.9 Å². The van der Waals surface area contributed by atoms with E-state index in [2.05, 4.69) is 78.6 Å². The summed E-state index contributed by atoms with van der Waals surface area (Å²) in [6.07, 6.45) is 2.86. The first kappa shape index (κ1) is 25.6. The zero-order chi connectivity index (χ0) is 26.8. The molecule has 4 aromatic rings. The maximum Gasteiger partial charge on any atom is 0.188 e. The standard InChI is InChI=1S/C32H33N5S/c1-20(2)26(18-33-6)25-14-15-30(36-31(25)21(3)4)37-17-16-23-10-9-11-24(27(23)19-37)22(5)34-32-35-28-12-7-8-13-29(28)38-32/h7-15,18H,3,5,16-17,19H2,1-2,4,6H3,(H,34,35). The highest BCUT2D eigenvalue weighted by Crippen LogP contribution is 2.33. The summed E-state index contributed by atoms with van der Waals surface area (Å²) in [7, 11) is 1.80. The molecule has 0 atom stereocenters. The maximum atomic E-state index is 5.11. The number of fused-ring (bicyclic) bond motifs is 2. The van der Waals surface area contributed by atoms with Gasteiger partial charge in [-0.15, -0.1) is 0 Å². The van der Waals surface area contributed by atoms with Crippen LogP contribution in [0.15, 0.2) is 78.3 Å². The molecule has 0 aliphatic carbocycles. The molecule has 2 aromatic heterocycles. The van der Waals surface area contributed by atoms with E-state index in [1.165, 1.54) is 16.7 Å². The second-order valence-corrected chi connectivity index (χ2v) is 10.9. The van der Waals surface area contributed by atoms with Crippen LogP contribution in [0.1, 0.15) is 48.7 Å². The SMILES string of the molecule is C=C(Nc1nc2ccccc2s1)c1cccc2c1CN(c1ccc(C(C=NC)=C(C)C)c(C(=C)C)n1)CC2. The van der Waals surface area contributed by atoms with Gasteiger partial charge in [0.15, 0.2) is 5.13 Å². The molecular weight excluding hydrogens is 486 g/mol. The Hall–Kier alpha value is -4.03. The van der Waals surface area contributed by atoms with Gasteiger partial charge in [0.25, 0.3) is 0 Å². The van der Waals surface area contributed by atoms with Crippen LogP contribution >= 0.6 is 11.3 Å². The van der Waals surface area contributed by atoms with Crippen molar-refractivity contribution < 1.29 is 0 Å². The van der Waals surface area contributed by atoms with Crippen LogP contribution in [0, 0.1) is 0 Å². The van der Waals surface area contributed by atoms with Gasteiger partial charge in [0, 0.05) is 48.7 Å². The summed E-state index contributed by atoms with van der Waals surface area (Å²) in [6, 6.07) is 19.0. The van der Waals surface area contributed by atoms with Crippen molar-refractivity contribution in [3.8, 4) is 0 Å². The van der Waals surface area contributed by atoms with Crippen LogP contribution in [-0.4, -0.2) is 29.8 Å². The maximum absolute atomic E-state index is 5.11. The molecule has 0 bridgehead atoms. The van der Waals surface area contributed by atoms with Crippen LogP contribution in [0.5, 0.6) is 0 Å². The minimum atomic E-state index is 0.764. The number of nitrogens with zero attached hydrogens (tertiary/aromatic N) is 4. The third-order valence-electron chi connectivity index (χ3n) is 6.85. The molecule has 5 nitrogen and oxygen atoms in total. The summed E-state index contributed by atoms with van der Waals surface area (Å²) in [4.78, 5) is 16.5. The summed E-state index contributed by atoms with van der Waals surface area (Å²) < 4.78 is 1.16. The number of para-hydroxylation sites is 1. The van der Waals surface area contributed by atoms with Crippen molar-refractivity contribution in [3.05, 3.63) is 101 Å². The van der Waals surface area contributed by atoms with Crippen LogP contribution < -0.4 is 10.2 Å². The first-order valence-electron chi connectivity index (χ1n) is 12.8. The summed E-state index contributed by atoms with van der Waals surface area (Å²) in [5, 5.41) is 4.33. The Morgan fingerprint density at radius 3 is 2.55 bits per heavy atom. The number of anilines is 2. The van der Waals surface area contributed by atoms with Gasteiger partial charge in [0.1, 0.15) is 5.82 Å². The molecule has 0 spiro atoms. The van der Waals surface area contributed by atoms with Gasteiger partial charge in [-0.2, -0.15) is 0 Å². The van der Waals surface area contributed by atoms with Gasteiger partial charge < -0.3 is 10.2 Å². The highest BCUT2D eigenvalue weighted by molar-refractivity contribution is 7.22. The highest BCUT2D eigenvalue weighted by Gasteiger charge is 2.23. The fourth-order valence-corrected chi connectivity index (χ4v) is 5.84. The van der Waals surface area contributed by atoms with Crippen LogP contribution in [0.25, 0.3) is 27.1 Å². The highest BCUT2D eigenvalue weighted by atomic mass is 32.1. The zero-order valence-corrected chi connectivity index (χ0v) is 23.3. The van der Waals surface area contributed by atoms with E-state index in [9.17, 15) is 0 Å². The molecule has 1 aliphatic heterocycles. The molecule has 38 heavy (non-hydrogen) atoms. The zero-order valence-electron chi connectivity index (χ0n) is 22.5. The Balaban J connectivity index is 1.45. The molecule has 0 fully saturated rings. The Labute approximate surface area is 229 Å². The van der Waals surface area contributed by atoms with Crippen molar-refractivity contribution in [3.63, 3.8) is 0 Å². The van der Waals surface area contributed by atoms with Gasteiger partial charge in [-0.25, -0.2) is 9.97 Å². The second kappa shape index (κ2) is 10.8. The summed E-state index contributed by atoms with van der Waals surface area (Å²) in [5.41, 5.74) is 10.8. The van der Waals surface area contributed by atoms with Crippen LogP contribution in [0.4, 0.5) is 10.9 Å². The van der Waals surface area contributed by atoms with E-state index < -0.39 is 0 Å². The average Bonchev–Trinajstić information content (AvgIpc) is 3.33. The lowest BCUT2D eigenvalue weighted by Gasteiger charge is -2.32. The summed E-state index contributed by atoms with van der Waals surface area (Å²) in [6.45, 7) is 16.5. The van der Waals surface area contributed by atoms with Crippen molar-refractivity contribution in [1.82, 2.24) is 9.97 Å². The van der Waals surface area contributed by atoms with E-state index in [4.69, 9.17) is 9.97 Å². The fraction of sp³-hybridized carbons (Fsp3) is 0.219. The predicted molar refractivity (Wildman–Crippen MR) is 165 cm³/mol. The lowest BCUT2D eigenvalue weighted by molar-refractivity contribution is 0.718. The molecule has 0 amide bonds. The summed E-state index contributed by atoms with van der Waals surface area (Å²) >= 11 is 1.64. The van der Waals surface area contributed by atoms with Crippen molar-refractivity contribution in [2.45, 2.75) is 33.7 Å². The molecule has 0 radical (unpaired) electrons. The fourth-order valence-electron chi connectivity index (χ4n) is 4.95. The number of hydrogen-bond acceptors (Lipinski definition) is 6. The lowest BCUT2D eigenvalue weighted by atomic mass is 9.93. The summed E-state index contributed by atoms with van der Waals surface area (Å²) in [5.74, 6) is 0.957. The van der Waals surface area contributed by atoms with Gasteiger partial charge in [0.2, 0.25) is 0 Å². The largest absolute Gasteiger partial charge is 0.352 e. The topological polar surface area (TPSA) is 53.4 Å². The predicted octanol–water partition coefficient (Wildman–Crippen LogP) is 7.86. The molecule has 6 heteroatoms. The van der Waals surface area contributed by atoms with Crippen molar-refractivity contribution >= 4 is 55.6 Å². The lowest BCUT2D eigenvalue weighted by Crippen LogP contribution is -2.32. The first-order chi connectivity index (χ1) is 18.4. The van der Waals surface area contributed by atoms with Gasteiger partial charge in [-0.3, -0.25) is 4.99 Å².